The van der Waals surface area contributed by atoms with Crippen LogP contribution in [0.1, 0.15) is 23.1 Å². The quantitative estimate of drug-likeness (QED) is 0.759. The van der Waals surface area contributed by atoms with Crippen molar-refractivity contribution < 1.29 is 9.90 Å². The van der Waals surface area contributed by atoms with Crippen molar-refractivity contribution in [2.45, 2.75) is 19.0 Å². The Morgan fingerprint density at radius 1 is 1.50 bits per heavy atom. The second-order valence-electron chi connectivity index (χ2n) is 5.93. The molecule has 24 heavy (non-hydrogen) atoms. The molecular formula is C16H16ClN5O2. The summed E-state index contributed by atoms with van der Waals surface area (Å²) in [6.45, 7) is 1.03. The van der Waals surface area contributed by atoms with Gasteiger partial charge in [0.1, 0.15) is 0 Å². The largest absolute Gasteiger partial charge is 0.480 e. The van der Waals surface area contributed by atoms with Gasteiger partial charge in [0.2, 0.25) is 0 Å². The van der Waals surface area contributed by atoms with Gasteiger partial charge in [0.25, 0.3) is 0 Å². The molecule has 2 N–H and O–H groups in total. The topological polar surface area (TPSA) is 87.0 Å². The van der Waals surface area contributed by atoms with E-state index in [1.807, 2.05) is 30.1 Å². The molecule has 1 aliphatic heterocycles. The van der Waals surface area contributed by atoms with E-state index < -0.39 is 12.0 Å². The van der Waals surface area contributed by atoms with E-state index in [1.54, 1.807) is 11.0 Å². The van der Waals surface area contributed by atoms with E-state index in [1.165, 1.54) is 0 Å². The second kappa shape index (κ2) is 5.61. The number of imidazole rings is 1. The molecule has 0 fully saturated rings. The van der Waals surface area contributed by atoms with Gasteiger partial charge >= 0.3 is 5.97 Å². The summed E-state index contributed by atoms with van der Waals surface area (Å²) >= 11 is 6.35. The van der Waals surface area contributed by atoms with E-state index in [2.05, 4.69) is 15.1 Å². The highest BCUT2D eigenvalue weighted by Crippen LogP contribution is 2.32. The number of H-pyrrole nitrogens is 1. The molecule has 1 unspecified atom stereocenters. The first kappa shape index (κ1) is 15.2. The predicted octanol–water partition coefficient (Wildman–Crippen LogP) is 2.13. The first-order chi connectivity index (χ1) is 11.6. The van der Waals surface area contributed by atoms with Gasteiger partial charge in [-0.15, -0.1) is 0 Å². The summed E-state index contributed by atoms with van der Waals surface area (Å²) in [6.07, 6.45) is 2.29. The lowest BCUT2D eigenvalue weighted by Gasteiger charge is -2.31. The number of hydrogen-bond acceptors (Lipinski definition) is 4. The Kier molecular flexibility index (Phi) is 3.54. The van der Waals surface area contributed by atoms with Gasteiger partial charge in [0.05, 0.1) is 28.3 Å². The van der Waals surface area contributed by atoms with Crippen LogP contribution in [0, 0.1) is 0 Å². The molecule has 7 nitrogen and oxygen atoms in total. The van der Waals surface area contributed by atoms with Gasteiger partial charge in [-0.05, 0) is 12.1 Å². The zero-order valence-electron chi connectivity index (χ0n) is 13.0. The summed E-state index contributed by atoms with van der Waals surface area (Å²) in [6, 6.07) is 4.88. The third-order valence-electron chi connectivity index (χ3n) is 4.51. The number of rotatable bonds is 3. The fourth-order valence-electron chi connectivity index (χ4n) is 3.42. The van der Waals surface area contributed by atoms with E-state index in [0.717, 1.165) is 28.7 Å². The average molecular weight is 346 g/mol. The summed E-state index contributed by atoms with van der Waals surface area (Å²) in [7, 11) is 1.86. The molecule has 2 aromatic heterocycles. The van der Waals surface area contributed by atoms with Crippen LogP contribution in [0.25, 0.3) is 10.9 Å². The second-order valence-corrected chi connectivity index (χ2v) is 6.34. The van der Waals surface area contributed by atoms with Crippen LogP contribution < -0.4 is 0 Å². The minimum Gasteiger partial charge on any atom is -0.480 e. The van der Waals surface area contributed by atoms with Gasteiger partial charge in [-0.1, -0.05) is 17.7 Å². The fraction of sp³-hybridized carbons (Fsp3) is 0.312. The monoisotopic (exact) mass is 345 g/mol. The maximum atomic E-state index is 11.8. The van der Waals surface area contributed by atoms with Crippen molar-refractivity contribution >= 4 is 28.5 Å². The number of halogens is 1. The summed E-state index contributed by atoms with van der Waals surface area (Å²) in [4.78, 5) is 20.9. The van der Waals surface area contributed by atoms with Crippen LogP contribution in [-0.4, -0.2) is 42.3 Å². The Hall–Kier alpha value is -2.38. The molecule has 0 spiro atoms. The number of aliphatic carboxylic acids is 1. The highest BCUT2D eigenvalue weighted by Gasteiger charge is 2.35. The molecule has 8 heteroatoms. The number of aromatic nitrogens is 4. The number of nitrogens with zero attached hydrogens (tertiary/aromatic N) is 4. The fourth-order valence-corrected chi connectivity index (χ4v) is 3.70. The van der Waals surface area contributed by atoms with Gasteiger partial charge in [-0.2, -0.15) is 5.10 Å². The number of aromatic amines is 1. The maximum Gasteiger partial charge on any atom is 0.327 e. The highest BCUT2D eigenvalue weighted by atomic mass is 35.5. The zero-order chi connectivity index (χ0) is 16.8. The van der Waals surface area contributed by atoms with Gasteiger partial charge in [0.15, 0.2) is 6.04 Å². The molecular weight excluding hydrogens is 330 g/mol. The third-order valence-corrected chi connectivity index (χ3v) is 4.83. The van der Waals surface area contributed by atoms with Gasteiger partial charge in [0, 0.05) is 37.6 Å². The van der Waals surface area contributed by atoms with Crippen molar-refractivity contribution in [1.29, 1.82) is 0 Å². The molecule has 1 atom stereocenters. The molecule has 3 heterocycles. The minimum atomic E-state index is -0.908. The van der Waals surface area contributed by atoms with E-state index in [4.69, 9.17) is 11.6 Å². The molecule has 1 aromatic carbocycles. The van der Waals surface area contributed by atoms with Crippen molar-refractivity contribution in [2.75, 3.05) is 6.54 Å². The zero-order valence-corrected chi connectivity index (χ0v) is 13.8. The SMILES string of the molecule is Cn1nc(CN2CCc3[nH]cnc3C2C(=O)O)c2c(Cl)cccc21. The third kappa shape index (κ3) is 2.28. The van der Waals surface area contributed by atoms with Gasteiger partial charge in [-0.25, -0.2) is 4.98 Å². The Bertz CT molecular complexity index is 932. The van der Waals surface area contributed by atoms with Crippen LogP contribution in [0.5, 0.6) is 0 Å². The number of nitrogens with one attached hydrogen (secondary N) is 1. The summed E-state index contributed by atoms with van der Waals surface area (Å²) in [5, 5.41) is 15.7. The molecule has 0 bridgehead atoms. The molecule has 0 aliphatic carbocycles. The summed E-state index contributed by atoms with van der Waals surface area (Å²) in [5.74, 6) is -0.908. The van der Waals surface area contributed by atoms with Crippen molar-refractivity contribution in [3.8, 4) is 0 Å². The molecule has 4 rings (SSSR count). The lowest BCUT2D eigenvalue weighted by Crippen LogP contribution is -2.39. The lowest BCUT2D eigenvalue weighted by molar-refractivity contribution is -0.144. The Morgan fingerprint density at radius 2 is 2.33 bits per heavy atom. The minimum absolute atomic E-state index is 0.407. The lowest BCUT2D eigenvalue weighted by atomic mass is 10.0. The molecule has 0 saturated carbocycles. The molecule has 3 aromatic rings. The number of benzene rings is 1. The average Bonchev–Trinajstić information content (AvgIpc) is 3.13. The van der Waals surface area contributed by atoms with E-state index in [0.29, 0.717) is 23.8 Å². The number of hydrogen-bond donors (Lipinski definition) is 2. The summed E-state index contributed by atoms with van der Waals surface area (Å²) < 4.78 is 1.77. The van der Waals surface area contributed by atoms with Crippen LogP contribution in [0.2, 0.25) is 5.02 Å². The van der Waals surface area contributed by atoms with Crippen molar-refractivity contribution in [1.82, 2.24) is 24.6 Å². The standard InChI is InChI=1S/C16H16ClN5O2/c1-21-12-4-2-3-9(17)13(12)11(20-21)7-22-6-5-10-14(19-8-18-10)15(22)16(23)24/h2-4,8,15H,5-7H2,1H3,(H,18,19)(H,23,24). The predicted molar refractivity (Wildman–Crippen MR) is 88.8 cm³/mol. The van der Waals surface area contributed by atoms with E-state index in [-0.39, 0.29) is 0 Å². The number of carbonyl (C=O) groups is 1. The molecule has 0 radical (unpaired) electrons. The first-order valence-electron chi connectivity index (χ1n) is 7.65. The van der Waals surface area contributed by atoms with E-state index in [9.17, 15) is 9.90 Å². The number of carboxylic acids is 1. The molecule has 0 amide bonds. The molecule has 0 saturated heterocycles. The highest BCUT2D eigenvalue weighted by molar-refractivity contribution is 6.35. The van der Waals surface area contributed by atoms with Crippen LogP contribution in [-0.2, 0) is 24.8 Å². The number of fused-ring (bicyclic) bond motifs is 2. The molecule has 1 aliphatic rings. The number of carboxylic acid groups (broad SMARTS) is 1. The van der Waals surface area contributed by atoms with Crippen molar-refractivity contribution in [3.63, 3.8) is 0 Å². The Morgan fingerprint density at radius 3 is 3.12 bits per heavy atom. The normalized spacial score (nSPS) is 18.0. The van der Waals surface area contributed by atoms with Gasteiger partial charge < -0.3 is 10.1 Å². The van der Waals surface area contributed by atoms with E-state index >= 15 is 0 Å². The smallest absolute Gasteiger partial charge is 0.327 e. The number of aryl methyl sites for hydroxylation is 1. The van der Waals surface area contributed by atoms with Crippen LogP contribution in [0.3, 0.4) is 0 Å². The van der Waals surface area contributed by atoms with Crippen LogP contribution in [0.15, 0.2) is 24.5 Å². The Labute approximate surface area is 142 Å². The summed E-state index contributed by atoms with van der Waals surface area (Å²) in [5.41, 5.74) is 3.19. The first-order valence-corrected chi connectivity index (χ1v) is 8.03. The van der Waals surface area contributed by atoms with Gasteiger partial charge in [-0.3, -0.25) is 14.4 Å². The van der Waals surface area contributed by atoms with Crippen LogP contribution >= 0.6 is 11.6 Å². The maximum absolute atomic E-state index is 11.8. The Balaban J connectivity index is 1.75. The van der Waals surface area contributed by atoms with Crippen LogP contribution in [0.4, 0.5) is 0 Å². The van der Waals surface area contributed by atoms with Crippen molar-refractivity contribution in [3.05, 3.63) is 46.6 Å². The van der Waals surface area contributed by atoms with Crippen molar-refractivity contribution in [2.24, 2.45) is 7.05 Å². The molecule has 124 valence electrons.